The smallest absolute Gasteiger partial charge is 0.251 e. The molecule has 118 valence electrons. The molecule has 0 spiro atoms. The molecule has 0 aliphatic carbocycles. The largest absolute Gasteiger partial charge is 0.351 e. The molecule has 0 aromatic heterocycles. The summed E-state index contributed by atoms with van der Waals surface area (Å²) < 4.78 is 0. The van der Waals surface area contributed by atoms with E-state index >= 15 is 0 Å². The number of halogens is 2. The van der Waals surface area contributed by atoms with Crippen LogP contribution in [0.2, 0.25) is 0 Å². The Morgan fingerprint density at radius 1 is 1.14 bits per heavy atom. The van der Waals surface area contributed by atoms with Crippen molar-refractivity contribution < 1.29 is 4.79 Å². The van der Waals surface area contributed by atoms with Crippen LogP contribution >= 0.6 is 24.8 Å². The van der Waals surface area contributed by atoms with Crippen LogP contribution in [0.3, 0.4) is 0 Å². The molecule has 1 fully saturated rings. The summed E-state index contributed by atoms with van der Waals surface area (Å²) in [7, 11) is 0. The Morgan fingerprint density at radius 2 is 1.86 bits per heavy atom. The SMILES string of the molecule is Cl.Cl.O=C(NCCN1CCCC1)c1ccc2c(c1)CNC2. The maximum Gasteiger partial charge on any atom is 0.251 e. The van der Waals surface area contributed by atoms with E-state index < -0.39 is 0 Å². The molecular formula is C15H23Cl2N3O. The van der Waals surface area contributed by atoms with Gasteiger partial charge >= 0.3 is 0 Å². The Morgan fingerprint density at radius 3 is 2.62 bits per heavy atom. The van der Waals surface area contributed by atoms with Gasteiger partial charge < -0.3 is 15.5 Å². The van der Waals surface area contributed by atoms with E-state index in [1.165, 1.54) is 37.1 Å². The van der Waals surface area contributed by atoms with Gasteiger partial charge in [0.2, 0.25) is 0 Å². The number of carbonyl (C=O) groups excluding carboxylic acids is 1. The summed E-state index contributed by atoms with van der Waals surface area (Å²) in [5.41, 5.74) is 3.35. The topological polar surface area (TPSA) is 44.4 Å². The van der Waals surface area contributed by atoms with E-state index in [4.69, 9.17) is 0 Å². The van der Waals surface area contributed by atoms with Crippen molar-refractivity contribution in [2.75, 3.05) is 26.2 Å². The molecule has 0 radical (unpaired) electrons. The molecule has 2 heterocycles. The fraction of sp³-hybridized carbons (Fsp3) is 0.533. The molecule has 2 N–H and O–H groups in total. The second kappa shape index (κ2) is 8.59. The Bertz CT molecular complexity index is 476. The Kier molecular flexibility index (Phi) is 7.46. The van der Waals surface area contributed by atoms with Gasteiger partial charge in [-0.25, -0.2) is 0 Å². The molecule has 0 saturated carbocycles. The van der Waals surface area contributed by atoms with Gasteiger partial charge in [-0.1, -0.05) is 6.07 Å². The summed E-state index contributed by atoms with van der Waals surface area (Å²) >= 11 is 0. The minimum Gasteiger partial charge on any atom is -0.351 e. The molecule has 0 unspecified atom stereocenters. The van der Waals surface area contributed by atoms with Crippen LogP contribution in [0.25, 0.3) is 0 Å². The van der Waals surface area contributed by atoms with Gasteiger partial charge in [0, 0.05) is 31.7 Å². The maximum absolute atomic E-state index is 12.1. The third-order valence-electron chi connectivity index (χ3n) is 4.01. The monoisotopic (exact) mass is 331 g/mol. The van der Waals surface area contributed by atoms with Crippen LogP contribution in [0, 0.1) is 0 Å². The van der Waals surface area contributed by atoms with Crippen molar-refractivity contribution >= 4 is 30.7 Å². The number of nitrogens with zero attached hydrogens (tertiary/aromatic N) is 1. The zero-order valence-electron chi connectivity index (χ0n) is 12.1. The number of fused-ring (bicyclic) bond motifs is 1. The number of likely N-dealkylation sites (tertiary alicyclic amines) is 1. The molecule has 1 saturated heterocycles. The van der Waals surface area contributed by atoms with Crippen LogP contribution in [0.15, 0.2) is 18.2 Å². The number of hydrogen-bond donors (Lipinski definition) is 2. The highest BCUT2D eigenvalue weighted by Gasteiger charge is 2.14. The van der Waals surface area contributed by atoms with Crippen LogP contribution in [0.5, 0.6) is 0 Å². The molecular weight excluding hydrogens is 309 g/mol. The summed E-state index contributed by atoms with van der Waals surface area (Å²) in [5.74, 6) is 0.0499. The molecule has 6 heteroatoms. The van der Waals surface area contributed by atoms with Gasteiger partial charge in [-0.05, 0) is 49.2 Å². The fourth-order valence-electron chi connectivity index (χ4n) is 2.87. The van der Waals surface area contributed by atoms with Crippen molar-refractivity contribution in [2.45, 2.75) is 25.9 Å². The van der Waals surface area contributed by atoms with Crippen LogP contribution in [0.4, 0.5) is 0 Å². The van der Waals surface area contributed by atoms with E-state index in [1.807, 2.05) is 12.1 Å². The molecule has 0 atom stereocenters. The van der Waals surface area contributed by atoms with Gasteiger partial charge in [0.15, 0.2) is 0 Å². The lowest BCUT2D eigenvalue weighted by Gasteiger charge is -2.14. The standard InChI is InChI=1S/C15H21N3O.2ClH/c19-15(17-5-8-18-6-1-2-7-18)12-3-4-13-10-16-11-14(13)9-12;;/h3-4,9,16H,1-2,5-8,10-11H2,(H,17,19);2*1H. The van der Waals surface area contributed by atoms with Crippen molar-refractivity contribution in [1.29, 1.82) is 0 Å². The van der Waals surface area contributed by atoms with E-state index in [0.29, 0.717) is 0 Å². The fourth-order valence-corrected chi connectivity index (χ4v) is 2.87. The first kappa shape index (κ1) is 18.2. The zero-order valence-corrected chi connectivity index (χ0v) is 13.7. The van der Waals surface area contributed by atoms with Gasteiger partial charge in [-0.15, -0.1) is 24.8 Å². The number of benzene rings is 1. The lowest BCUT2D eigenvalue weighted by atomic mass is 10.1. The second-order valence-corrected chi connectivity index (χ2v) is 5.39. The van der Waals surface area contributed by atoms with Crippen molar-refractivity contribution in [3.8, 4) is 0 Å². The summed E-state index contributed by atoms with van der Waals surface area (Å²) in [6.07, 6.45) is 2.59. The van der Waals surface area contributed by atoms with Crippen LogP contribution in [-0.2, 0) is 13.1 Å². The van der Waals surface area contributed by atoms with E-state index in [-0.39, 0.29) is 30.7 Å². The average Bonchev–Trinajstić information content (AvgIpc) is 3.08. The van der Waals surface area contributed by atoms with Crippen molar-refractivity contribution in [3.05, 3.63) is 34.9 Å². The first-order valence-corrected chi connectivity index (χ1v) is 7.16. The van der Waals surface area contributed by atoms with Crippen molar-refractivity contribution in [2.24, 2.45) is 0 Å². The Hall–Kier alpha value is -0.810. The predicted molar refractivity (Wildman–Crippen MR) is 89.5 cm³/mol. The maximum atomic E-state index is 12.1. The average molecular weight is 332 g/mol. The molecule has 3 rings (SSSR count). The van der Waals surface area contributed by atoms with Crippen molar-refractivity contribution in [3.63, 3.8) is 0 Å². The number of hydrogen-bond acceptors (Lipinski definition) is 3. The highest BCUT2D eigenvalue weighted by atomic mass is 35.5. The highest BCUT2D eigenvalue weighted by Crippen LogP contribution is 2.16. The summed E-state index contributed by atoms with van der Waals surface area (Å²) in [6.45, 7) is 5.88. The third kappa shape index (κ3) is 4.58. The predicted octanol–water partition coefficient (Wildman–Crippen LogP) is 1.96. The lowest BCUT2D eigenvalue weighted by Crippen LogP contribution is -2.33. The van der Waals surface area contributed by atoms with Gasteiger partial charge in [0.1, 0.15) is 0 Å². The van der Waals surface area contributed by atoms with E-state index in [2.05, 4.69) is 21.6 Å². The number of carbonyl (C=O) groups is 1. The molecule has 1 aromatic rings. The Balaban J connectivity index is 0.00000110. The molecule has 21 heavy (non-hydrogen) atoms. The van der Waals surface area contributed by atoms with Gasteiger partial charge in [0.05, 0.1) is 0 Å². The first-order chi connectivity index (χ1) is 9.33. The van der Waals surface area contributed by atoms with Crippen LogP contribution < -0.4 is 10.6 Å². The summed E-state index contributed by atoms with van der Waals surface area (Å²) in [5, 5.41) is 6.31. The number of rotatable bonds is 4. The lowest BCUT2D eigenvalue weighted by molar-refractivity contribution is 0.0949. The minimum absolute atomic E-state index is 0. The normalized spacial score (nSPS) is 16.8. The van der Waals surface area contributed by atoms with E-state index in [9.17, 15) is 4.79 Å². The molecule has 1 amide bonds. The number of amides is 1. The molecule has 1 aromatic carbocycles. The molecule has 4 nitrogen and oxygen atoms in total. The van der Waals surface area contributed by atoms with E-state index in [0.717, 1.165) is 31.7 Å². The van der Waals surface area contributed by atoms with Crippen LogP contribution in [-0.4, -0.2) is 37.0 Å². The minimum atomic E-state index is 0. The van der Waals surface area contributed by atoms with Crippen molar-refractivity contribution in [1.82, 2.24) is 15.5 Å². The number of nitrogens with one attached hydrogen (secondary N) is 2. The summed E-state index contributed by atoms with van der Waals surface area (Å²) in [6, 6.07) is 6.00. The van der Waals surface area contributed by atoms with Gasteiger partial charge in [-0.2, -0.15) is 0 Å². The van der Waals surface area contributed by atoms with Gasteiger partial charge in [-0.3, -0.25) is 4.79 Å². The molecule has 2 aliphatic rings. The van der Waals surface area contributed by atoms with Crippen LogP contribution in [0.1, 0.15) is 34.3 Å². The highest BCUT2D eigenvalue weighted by molar-refractivity contribution is 5.94. The molecule has 0 bridgehead atoms. The first-order valence-electron chi connectivity index (χ1n) is 7.16. The summed E-state index contributed by atoms with van der Waals surface area (Å²) in [4.78, 5) is 14.5. The third-order valence-corrected chi connectivity index (χ3v) is 4.01. The quantitative estimate of drug-likeness (QED) is 0.886. The van der Waals surface area contributed by atoms with Gasteiger partial charge in [0.25, 0.3) is 5.91 Å². The zero-order chi connectivity index (χ0) is 13.1. The Labute approximate surface area is 138 Å². The molecule has 2 aliphatic heterocycles. The van der Waals surface area contributed by atoms with E-state index in [1.54, 1.807) is 0 Å². The second-order valence-electron chi connectivity index (χ2n) is 5.39.